The molecule has 2 N–H and O–H groups in total. The van der Waals surface area contributed by atoms with Crippen molar-refractivity contribution in [3.05, 3.63) is 40.9 Å². The van der Waals surface area contributed by atoms with Crippen LogP contribution in [0.1, 0.15) is 11.3 Å². The fourth-order valence-corrected chi connectivity index (χ4v) is 1.64. The first-order chi connectivity index (χ1) is 7.22. The third-order valence-corrected chi connectivity index (χ3v) is 2.51. The number of halogens is 1. The van der Waals surface area contributed by atoms with E-state index in [2.05, 4.69) is 4.98 Å². The number of nitrogens with zero attached hydrogens (tertiary/aromatic N) is 1. The fourth-order valence-electron chi connectivity index (χ4n) is 1.47. The minimum Gasteiger partial charge on any atom is -0.443 e. The molecule has 2 aromatic rings. The van der Waals surface area contributed by atoms with Gasteiger partial charge < -0.3 is 10.2 Å². The van der Waals surface area contributed by atoms with Crippen LogP contribution in [0.2, 0.25) is 5.02 Å². The van der Waals surface area contributed by atoms with Gasteiger partial charge in [0.05, 0.1) is 0 Å². The molecule has 0 aliphatic heterocycles. The summed E-state index contributed by atoms with van der Waals surface area (Å²) in [4.78, 5) is 4.05. The van der Waals surface area contributed by atoms with Crippen LogP contribution in [-0.4, -0.2) is 4.98 Å². The molecule has 1 aromatic carbocycles. The molecule has 0 bridgehead atoms. The van der Waals surface area contributed by atoms with Crippen LogP contribution in [0.3, 0.4) is 0 Å². The van der Waals surface area contributed by atoms with Gasteiger partial charge >= 0.3 is 0 Å². The highest BCUT2D eigenvalue weighted by molar-refractivity contribution is 6.30. The first-order valence-corrected chi connectivity index (χ1v) is 4.99. The maximum atomic E-state index is 5.94. The maximum Gasteiger partial charge on any atom is 0.181 e. The summed E-state index contributed by atoms with van der Waals surface area (Å²) in [5.41, 5.74) is 8.35. The molecule has 4 heteroatoms. The normalized spacial score (nSPS) is 10.6. The zero-order valence-electron chi connectivity index (χ0n) is 8.33. The van der Waals surface area contributed by atoms with E-state index in [0.717, 1.165) is 16.8 Å². The predicted molar refractivity (Wildman–Crippen MR) is 59.6 cm³/mol. The fraction of sp³-hybridized carbons (Fsp3) is 0.182. The van der Waals surface area contributed by atoms with Crippen LogP contribution in [0.4, 0.5) is 0 Å². The molecule has 0 radical (unpaired) electrons. The van der Waals surface area contributed by atoms with Crippen LogP contribution in [0.15, 0.2) is 29.0 Å². The third kappa shape index (κ3) is 1.89. The molecule has 0 aliphatic rings. The Morgan fingerprint density at radius 3 is 3.00 bits per heavy atom. The molecule has 0 fully saturated rings. The highest BCUT2D eigenvalue weighted by Gasteiger charge is 2.11. The monoisotopic (exact) mass is 222 g/mol. The van der Waals surface area contributed by atoms with E-state index in [1.54, 1.807) is 0 Å². The lowest BCUT2D eigenvalue weighted by molar-refractivity contribution is 0.570. The van der Waals surface area contributed by atoms with Gasteiger partial charge in [-0.1, -0.05) is 17.7 Å². The molecule has 3 nitrogen and oxygen atoms in total. The van der Waals surface area contributed by atoms with Crippen molar-refractivity contribution in [3.63, 3.8) is 0 Å². The Balaban J connectivity index is 2.58. The molecule has 0 spiro atoms. The second-order valence-electron chi connectivity index (χ2n) is 3.29. The summed E-state index contributed by atoms with van der Waals surface area (Å²) in [5.74, 6) is 0.706. The number of hydrogen-bond donors (Lipinski definition) is 1. The van der Waals surface area contributed by atoms with Gasteiger partial charge in [-0.05, 0) is 24.6 Å². The summed E-state index contributed by atoms with van der Waals surface area (Å²) < 4.78 is 5.33. The van der Waals surface area contributed by atoms with Gasteiger partial charge in [0.2, 0.25) is 0 Å². The average molecular weight is 223 g/mol. The van der Waals surface area contributed by atoms with Crippen molar-refractivity contribution in [1.82, 2.24) is 4.98 Å². The minimum atomic E-state index is 0.359. The summed E-state index contributed by atoms with van der Waals surface area (Å²) in [6, 6.07) is 5.65. The van der Waals surface area contributed by atoms with Crippen molar-refractivity contribution < 1.29 is 4.42 Å². The molecule has 78 valence electrons. The third-order valence-electron chi connectivity index (χ3n) is 2.28. The van der Waals surface area contributed by atoms with Crippen molar-refractivity contribution in [2.24, 2.45) is 5.73 Å². The molecular weight excluding hydrogens is 212 g/mol. The van der Waals surface area contributed by atoms with Gasteiger partial charge in [0, 0.05) is 17.1 Å². The lowest BCUT2D eigenvalue weighted by atomic mass is 10.1. The first-order valence-electron chi connectivity index (χ1n) is 4.61. The largest absolute Gasteiger partial charge is 0.443 e. The minimum absolute atomic E-state index is 0.359. The van der Waals surface area contributed by atoms with Crippen molar-refractivity contribution in [2.45, 2.75) is 13.5 Å². The van der Waals surface area contributed by atoms with Crippen molar-refractivity contribution in [1.29, 1.82) is 0 Å². The Labute approximate surface area is 92.9 Å². The molecule has 2 rings (SSSR count). The Bertz CT molecular complexity index is 479. The summed E-state index contributed by atoms with van der Waals surface area (Å²) in [7, 11) is 0. The van der Waals surface area contributed by atoms with Crippen LogP contribution in [0.5, 0.6) is 0 Å². The van der Waals surface area contributed by atoms with Gasteiger partial charge in [-0.2, -0.15) is 0 Å². The standard InChI is InChI=1S/C11H11ClN2O/c1-7-2-3-8(12)4-9(7)11-10(5-13)14-6-15-11/h2-4,6H,5,13H2,1H3. The zero-order valence-corrected chi connectivity index (χ0v) is 9.08. The lowest BCUT2D eigenvalue weighted by Crippen LogP contribution is -1.98. The number of rotatable bonds is 2. The summed E-state index contributed by atoms with van der Waals surface area (Å²) in [5, 5.41) is 0.676. The molecular formula is C11H11ClN2O. The summed E-state index contributed by atoms with van der Waals surface area (Å²) in [6.07, 6.45) is 1.40. The van der Waals surface area contributed by atoms with E-state index in [1.807, 2.05) is 25.1 Å². The number of nitrogens with two attached hydrogens (primary N) is 1. The Hall–Kier alpha value is -1.32. The Kier molecular flexibility index (Phi) is 2.75. The van der Waals surface area contributed by atoms with E-state index >= 15 is 0 Å². The van der Waals surface area contributed by atoms with Crippen LogP contribution >= 0.6 is 11.6 Å². The van der Waals surface area contributed by atoms with Gasteiger partial charge in [-0.15, -0.1) is 0 Å². The molecule has 0 amide bonds. The highest BCUT2D eigenvalue weighted by Crippen LogP contribution is 2.28. The quantitative estimate of drug-likeness (QED) is 0.850. The van der Waals surface area contributed by atoms with E-state index in [9.17, 15) is 0 Å². The summed E-state index contributed by atoms with van der Waals surface area (Å²) in [6.45, 7) is 2.35. The molecule has 0 atom stereocenters. The van der Waals surface area contributed by atoms with Crippen molar-refractivity contribution in [2.75, 3.05) is 0 Å². The number of aryl methyl sites for hydroxylation is 1. The van der Waals surface area contributed by atoms with E-state index in [0.29, 0.717) is 17.3 Å². The van der Waals surface area contributed by atoms with Gasteiger partial charge in [-0.3, -0.25) is 0 Å². The van der Waals surface area contributed by atoms with Crippen LogP contribution in [0.25, 0.3) is 11.3 Å². The number of hydrogen-bond acceptors (Lipinski definition) is 3. The van der Waals surface area contributed by atoms with Gasteiger partial charge in [0.15, 0.2) is 12.2 Å². The SMILES string of the molecule is Cc1ccc(Cl)cc1-c1ocnc1CN. The predicted octanol–water partition coefficient (Wildman–Crippen LogP) is 2.76. The molecule has 0 saturated carbocycles. The molecule has 1 aromatic heterocycles. The zero-order chi connectivity index (χ0) is 10.8. The van der Waals surface area contributed by atoms with E-state index in [4.69, 9.17) is 21.8 Å². The second-order valence-corrected chi connectivity index (χ2v) is 3.73. The van der Waals surface area contributed by atoms with Crippen molar-refractivity contribution in [3.8, 4) is 11.3 Å². The molecule has 0 unspecified atom stereocenters. The smallest absolute Gasteiger partial charge is 0.181 e. The highest BCUT2D eigenvalue weighted by atomic mass is 35.5. The molecule has 0 aliphatic carbocycles. The van der Waals surface area contributed by atoms with Gasteiger partial charge in [0.1, 0.15) is 5.69 Å². The second kappa shape index (κ2) is 4.04. The molecule has 15 heavy (non-hydrogen) atoms. The van der Waals surface area contributed by atoms with Crippen LogP contribution < -0.4 is 5.73 Å². The maximum absolute atomic E-state index is 5.94. The topological polar surface area (TPSA) is 52.0 Å². The van der Waals surface area contributed by atoms with E-state index < -0.39 is 0 Å². The Morgan fingerprint density at radius 1 is 1.47 bits per heavy atom. The number of oxazole rings is 1. The van der Waals surface area contributed by atoms with Crippen LogP contribution in [0, 0.1) is 6.92 Å². The summed E-state index contributed by atoms with van der Waals surface area (Å²) >= 11 is 5.94. The number of aromatic nitrogens is 1. The first kappa shape index (κ1) is 10.2. The van der Waals surface area contributed by atoms with Gasteiger partial charge in [-0.25, -0.2) is 4.98 Å². The van der Waals surface area contributed by atoms with Crippen molar-refractivity contribution >= 4 is 11.6 Å². The van der Waals surface area contributed by atoms with E-state index in [-0.39, 0.29) is 0 Å². The number of benzene rings is 1. The van der Waals surface area contributed by atoms with Crippen LogP contribution in [-0.2, 0) is 6.54 Å². The van der Waals surface area contributed by atoms with E-state index in [1.165, 1.54) is 6.39 Å². The van der Waals surface area contributed by atoms with Gasteiger partial charge in [0.25, 0.3) is 0 Å². The lowest BCUT2D eigenvalue weighted by Gasteiger charge is -2.04. The Morgan fingerprint density at radius 2 is 2.27 bits per heavy atom. The molecule has 1 heterocycles. The average Bonchev–Trinajstić information content (AvgIpc) is 2.69. The molecule has 0 saturated heterocycles.